The topological polar surface area (TPSA) is 20.2 Å². The fraction of sp³-hybridized carbons (Fsp3) is 0.333. The van der Waals surface area contributed by atoms with Gasteiger partial charge in [-0.25, -0.2) is 4.39 Å². The molecule has 0 spiro atoms. The monoisotopic (exact) mass is 154 g/mol. The van der Waals surface area contributed by atoms with Crippen molar-refractivity contribution in [2.75, 3.05) is 0 Å². The van der Waals surface area contributed by atoms with Crippen LogP contribution in [-0.4, -0.2) is 11.3 Å². The van der Waals surface area contributed by atoms with Crippen LogP contribution in [-0.2, 0) is 6.42 Å². The lowest BCUT2D eigenvalue weighted by atomic mass is 10.1. The molecule has 1 atom stereocenters. The number of para-hydroxylation sites is 1. The number of halogens is 1. The van der Waals surface area contributed by atoms with Crippen molar-refractivity contribution in [2.24, 2.45) is 0 Å². The van der Waals surface area contributed by atoms with Crippen LogP contribution in [0.4, 0.5) is 4.39 Å². The molecule has 0 fully saturated rings. The zero-order valence-electron chi connectivity index (χ0n) is 6.42. The van der Waals surface area contributed by atoms with E-state index < -0.39 is 6.17 Å². The van der Waals surface area contributed by atoms with E-state index in [0.717, 1.165) is 0 Å². The molecule has 0 aliphatic heterocycles. The Balaban J connectivity index is 2.78. The van der Waals surface area contributed by atoms with E-state index in [4.69, 9.17) is 0 Å². The van der Waals surface area contributed by atoms with Gasteiger partial charge in [-0.2, -0.15) is 0 Å². The maximum atomic E-state index is 12.5. The van der Waals surface area contributed by atoms with Gasteiger partial charge in [-0.1, -0.05) is 18.2 Å². The second-order valence-electron chi connectivity index (χ2n) is 2.61. The van der Waals surface area contributed by atoms with Crippen molar-refractivity contribution in [3.63, 3.8) is 0 Å². The highest BCUT2D eigenvalue weighted by atomic mass is 19.1. The summed E-state index contributed by atoms with van der Waals surface area (Å²) in [6.07, 6.45) is -0.615. The summed E-state index contributed by atoms with van der Waals surface area (Å²) in [6, 6.07) is 6.81. The molecule has 0 unspecified atom stereocenters. The van der Waals surface area contributed by atoms with Crippen LogP contribution in [0.25, 0.3) is 0 Å². The van der Waals surface area contributed by atoms with Crippen LogP contribution in [0.2, 0.25) is 0 Å². The summed E-state index contributed by atoms with van der Waals surface area (Å²) in [7, 11) is 0. The van der Waals surface area contributed by atoms with Crippen LogP contribution in [0.3, 0.4) is 0 Å². The molecule has 0 saturated carbocycles. The Morgan fingerprint density at radius 1 is 1.45 bits per heavy atom. The van der Waals surface area contributed by atoms with Gasteiger partial charge >= 0.3 is 0 Å². The van der Waals surface area contributed by atoms with Gasteiger partial charge in [0.05, 0.1) is 0 Å². The van der Waals surface area contributed by atoms with Gasteiger partial charge in [-0.05, 0) is 18.6 Å². The summed E-state index contributed by atoms with van der Waals surface area (Å²) >= 11 is 0. The standard InChI is InChI=1S/C9H11FO/c1-7(10)6-8-4-2-3-5-9(8)11/h2-5,7,11H,6H2,1H3/t7-/m1/s1. The number of rotatable bonds is 2. The van der Waals surface area contributed by atoms with Crippen molar-refractivity contribution >= 4 is 0 Å². The van der Waals surface area contributed by atoms with Crippen LogP contribution >= 0.6 is 0 Å². The number of alkyl halides is 1. The van der Waals surface area contributed by atoms with Gasteiger partial charge < -0.3 is 5.11 Å². The number of benzene rings is 1. The minimum absolute atomic E-state index is 0.178. The first-order chi connectivity index (χ1) is 5.20. The number of hydrogen-bond acceptors (Lipinski definition) is 1. The molecule has 60 valence electrons. The summed E-state index contributed by atoms with van der Waals surface area (Å²) in [5.74, 6) is 0.178. The third kappa shape index (κ3) is 2.22. The molecule has 0 aliphatic carbocycles. The van der Waals surface area contributed by atoms with Gasteiger partial charge in [0, 0.05) is 6.42 Å². The lowest BCUT2D eigenvalue weighted by molar-refractivity contribution is 0.354. The average Bonchev–Trinajstić information content (AvgIpc) is 1.93. The zero-order valence-corrected chi connectivity index (χ0v) is 6.42. The van der Waals surface area contributed by atoms with Gasteiger partial charge in [0.25, 0.3) is 0 Å². The minimum atomic E-state index is -0.900. The second-order valence-corrected chi connectivity index (χ2v) is 2.61. The summed E-state index contributed by atoms with van der Waals surface area (Å²) in [5, 5.41) is 9.19. The first-order valence-corrected chi connectivity index (χ1v) is 3.61. The molecule has 0 heterocycles. The predicted octanol–water partition coefficient (Wildman–Crippen LogP) is 2.29. The number of hydrogen-bond donors (Lipinski definition) is 1. The molecule has 0 radical (unpaired) electrons. The van der Waals surface area contributed by atoms with Crippen LogP contribution in [0.5, 0.6) is 5.75 Å². The molecule has 1 aromatic rings. The van der Waals surface area contributed by atoms with Crippen LogP contribution in [0.15, 0.2) is 24.3 Å². The molecule has 0 bridgehead atoms. The third-order valence-electron chi connectivity index (χ3n) is 1.49. The quantitative estimate of drug-likeness (QED) is 0.693. The molecule has 0 saturated heterocycles. The number of aromatic hydroxyl groups is 1. The molecular formula is C9H11FO. The van der Waals surface area contributed by atoms with Gasteiger partial charge in [0.1, 0.15) is 11.9 Å². The molecule has 0 aromatic heterocycles. The van der Waals surface area contributed by atoms with E-state index in [1.807, 2.05) is 0 Å². The van der Waals surface area contributed by atoms with E-state index in [1.54, 1.807) is 24.3 Å². The lowest BCUT2D eigenvalue weighted by Crippen LogP contribution is -1.97. The lowest BCUT2D eigenvalue weighted by Gasteiger charge is -2.03. The highest BCUT2D eigenvalue weighted by Gasteiger charge is 2.03. The van der Waals surface area contributed by atoms with Crippen molar-refractivity contribution in [2.45, 2.75) is 19.5 Å². The average molecular weight is 154 g/mol. The fourth-order valence-corrected chi connectivity index (χ4v) is 0.986. The molecule has 11 heavy (non-hydrogen) atoms. The maximum absolute atomic E-state index is 12.5. The second kappa shape index (κ2) is 3.37. The molecule has 1 N–H and O–H groups in total. The van der Waals surface area contributed by atoms with Crippen molar-refractivity contribution in [3.05, 3.63) is 29.8 Å². The Morgan fingerprint density at radius 2 is 2.09 bits per heavy atom. The Kier molecular flexibility index (Phi) is 2.47. The van der Waals surface area contributed by atoms with E-state index in [0.29, 0.717) is 5.56 Å². The largest absolute Gasteiger partial charge is 0.508 e. The molecule has 2 heteroatoms. The predicted molar refractivity (Wildman–Crippen MR) is 42.4 cm³/mol. The molecule has 1 nitrogen and oxygen atoms in total. The third-order valence-corrected chi connectivity index (χ3v) is 1.49. The highest BCUT2D eigenvalue weighted by Crippen LogP contribution is 2.17. The molecular weight excluding hydrogens is 143 g/mol. The van der Waals surface area contributed by atoms with Crippen LogP contribution < -0.4 is 0 Å². The van der Waals surface area contributed by atoms with Crippen molar-refractivity contribution < 1.29 is 9.50 Å². The van der Waals surface area contributed by atoms with Crippen molar-refractivity contribution in [1.29, 1.82) is 0 Å². The first-order valence-electron chi connectivity index (χ1n) is 3.61. The van der Waals surface area contributed by atoms with E-state index in [9.17, 15) is 9.50 Å². The zero-order chi connectivity index (χ0) is 8.27. The number of phenolic OH excluding ortho intramolecular Hbond substituents is 1. The SMILES string of the molecule is C[C@@H](F)Cc1ccccc1O. The maximum Gasteiger partial charge on any atom is 0.118 e. The van der Waals surface area contributed by atoms with Crippen LogP contribution in [0, 0.1) is 0 Å². The Hall–Kier alpha value is -1.05. The summed E-state index contributed by atoms with van der Waals surface area (Å²) in [4.78, 5) is 0. The van der Waals surface area contributed by atoms with Crippen molar-refractivity contribution in [1.82, 2.24) is 0 Å². The Labute approximate surface area is 65.5 Å². The summed E-state index contributed by atoms with van der Waals surface area (Å²) in [6.45, 7) is 1.48. The van der Waals surface area contributed by atoms with E-state index in [1.165, 1.54) is 6.92 Å². The molecule has 0 amide bonds. The van der Waals surface area contributed by atoms with Gasteiger partial charge in [-0.15, -0.1) is 0 Å². The van der Waals surface area contributed by atoms with E-state index in [-0.39, 0.29) is 12.2 Å². The van der Waals surface area contributed by atoms with Gasteiger partial charge in [0.2, 0.25) is 0 Å². The van der Waals surface area contributed by atoms with E-state index in [2.05, 4.69) is 0 Å². The Morgan fingerprint density at radius 3 is 2.64 bits per heavy atom. The van der Waals surface area contributed by atoms with Crippen LogP contribution in [0.1, 0.15) is 12.5 Å². The fourth-order valence-electron chi connectivity index (χ4n) is 0.986. The van der Waals surface area contributed by atoms with Gasteiger partial charge in [-0.3, -0.25) is 0 Å². The minimum Gasteiger partial charge on any atom is -0.508 e. The summed E-state index contributed by atoms with van der Waals surface area (Å²) < 4.78 is 12.5. The smallest absolute Gasteiger partial charge is 0.118 e. The molecule has 1 aromatic carbocycles. The number of phenols is 1. The highest BCUT2D eigenvalue weighted by molar-refractivity contribution is 5.32. The van der Waals surface area contributed by atoms with Crippen molar-refractivity contribution in [3.8, 4) is 5.75 Å². The van der Waals surface area contributed by atoms with Gasteiger partial charge in [0.15, 0.2) is 0 Å². The van der Waals surface area contributed by atoms with E-state index >= 15 is 0 Å². The normalized spacial score (nSPS) is 12.9. The summed E-state index contributed by atoms with van der Waals surface area (Å²) in [5.41, 5.74) is 0.669. The Bertz CT molecular complexity index is 233. The molecule has 1 rings (SSSR count). The molecule has 0 aliphatic rings. The first kappa shape index (κ1) is 8.05.